The van der Waals surface area contributed by atoms with Crippen molar-refractivity contribution in [3.05, 3.63) is 10.4 Å². The molecule has 228 valence electrons. The number of nitrogens with one attached hydrogen (secondary N) is 3. The number of fused-ring (bicyclic) bond motifs is 1. The molecule has 2 aliphatic rings. The fourth-order valence-electron chi connectivity index (χ4n) is 4.37. The fraction of sp³-hybridized carbons (Fsp3) is 0.826. The molecule has 0 spiro atoms. The molecule has 16 heteroatoms. The van der Waals surface area contributed by atoms with Gasteiger partial charge in [0.25, 0.3) is 0 Å². The van der Waals surface area contributed by atoms with Crippen LogP contribution >= 0.6 is 6.19 Å². The van der Waals surface area contributed by atoms with Crippen molar-refractivity contribution in [2.75, 3.05) is 75.1 Å². The van der Waals surface area contributed by atoms with Gasteiger partial charge in [-0.3, -0.25) is 0 Å². The summed E-state index contributed by atoms with van der Waals surface area (Å²) >= 11 is 1.86. The van der Waals surface area contributed by atoms with Gasteiger partial charge in [-0.1, -0.05) is 0 Å². The number of anilines is 3. The molecule has 1 aromatic rings. The van der Waals surface area contributed by atoms with Crippen LogP contribution in [0.25, 0.3) is 0 Å². The summed E-state index contributed by atoms with van der Waals surface area (Å²) in [6.45, 7) is 20.7. The minimum absolute atomic E-state index is 0.106. The molecule has 0 amide bonds. The van der Waals surface area contributed by atoms with Crippen LogP contribution in [-0.2, 0) is 9.26 Å². The van der Waals surface area contributed by atoms with E-state index >= 15 is 0 Å². The molecule has 2 aliphatic heterocycles. The van der Waals surface area contributed by atoms with E-state index in [1.54, 1.807) is 21.7 Å². The molecule has 1 fully saturated rings. The zero-order chi connectivity index (χ0) is 29.9. The third-order valence-corrected chi connectivity index (χ3v) is 8.08. The average Bonchev–Trinajstić information content (AvgIpc) is 3.36. The van der Waals surface area contributed by atoms with Gasteiger partial charge in [0.2, 0.25) is 0 Å². The molecule has 0 aliphatic carbocycles. The second-order valence-corrected chi connectivity index (χ2v) is 13.3. The van der Waals surface area contributed by atoms with Gasteiger partial charge in [-0.2, -0.15) is 0 Å². The molecule has 14 nitrogen and oxygen atoms in total. The van der Waals surface area contributed by atoms with Gasteiger partial charge in [-0.25, -0.2) is 0 Å². The molecule has 1 aromatic heterocycles. The number of hydrogen-bond acceptors (Lipinski definition) is 11. The van der Waals surface area contributed by atoms with E-state index in [2.05, 4.69) is 56.0 Å². The second-order valence-electron chi connectivity index (χ2n) is 9.34. The normalized spacial score (nSPS) is 22.5. The molecule has 0 saturated carbocycles. The standard InChI is InChI=1S/C11H18N5O7PSe.2C6H15N/c1-15-3-16(8-5(15)9(19)14-11(12)13-8)10-7(18)6(17)4(23-10)2-22-24(20,21)25;2*1-4-7(5-2)6-3/h4,6-7,10,17-18H,2-3H2,1H3,(H2,20,21,25)(H3,12,13,14,19);2*4-6H2,1-3H3/t4-,6-,7-,10-;;/m1../s1. The van der Waals surface area contributed by atoms with E-state index in [0.717, 1.165) is 0 Å². The first kappa shape index (κ1) is 35.9. The SMILES string of the molecule is CC[NH+](CC)CC.CC[NH+](CC)CC.CN1CN([C@@H]2O[C@H](COP([O-])([O-])=[Se])[C@@H](O)[C@H]2O)c2nc(N)[nH]c(=O)c21. The van der Waals surface area contributed by atoms with E-state index in [1.807, 2.05) is 15.1 Å². The topological polar surface area (TPSA) is 192 Å². The molecule has 0 radical (unpaired) electrons. The van der Waals surface area contributed by atoms with Gasteiger partial charge >= 0.3 is 149 Å². The van der Waals surface area contributed by atoms with Gasteiger partial charge < -0.3 is 9.80 Å². The number of hydrogen-bond donors (Lipinski definition) is 6. The number of nitrogens with zero attached hydrogens (tertiary/aromatic N) is 3. The molecule has 3 heterocycles. The molecule has 3 rings (SSSR count). The zero-order valence-corrected chi connectivity index (χ0v) is 26.8. The van der Waals surface area contributed by atoms with Gasteiger partial charge in [0.1, 0.15) is 0 Å². The first-order chi connectivity index (χ1) is 18.3. The third-order valence-electron chi connectivity index (χ3n) is 6.95. The summed E-state index contributed by atoms with van der Waals surface area (Å²) < 4.78 is 10.2. The Morgan fingerprint density at radius 2 is 1.56 bits per heavy atom. The van der Waals surface area contributed by atoms with Crippen LogP contribution in [0.2, 0.25) is 0 Å². The summed E-state index contributed by atoms with van der Waals surface area (Å²) in [7, 11) is 1.64. The van der Waals surface area contributed by atoms with Gasteiger partial charge in [-0.05, 0) is 41.5 Å². The molecule has 0 aromatic carbocycles. The van der Waals surface area contributed by atoms with Crippen molar-refractivity contribution in [3.63, 3.8) is 0 Å². The summed E-state index contributed by atoms with van der Waals surface area (Å²) in [5.41, 5.74) is 5.36. The van der Waals surface area contributed by atoms with Crippen molar-refractivity contribution in [2.24, 2.45) is 0 Å². The quantitative estimate of drug-likeness (QED) is 0.106. The zero-order valence-electron chi connectivity index (χ0n) is 24.2. The van der Waals surface area contributed by atoms with Crippen LogP contribution in [0.5, 0.6) is 0 Å². The maximum absolute atomic E-state index is 12.0. The van der Waals surface area contributed by atoms with Crippen molar-refractivity contribution in [2.45, 2.75) is 66.1 Å². The van der Waals surface area contributed by atoms with Crippen molar-refractivity contribution < 1.29 is 39.1 Å². The maximum atomic E-state index is 12.0. The Kier molecular flexibility index (Phi) is 15.7. The Morgan fingerprint density at radius 1 is 1.08 bits per heavy atom. The summed E-state index contributed by atoms with van der Waals surface area (Å²) in [5.74, 6) is 0.0886. The van der Waals surface area contributed by atoms with E-state index in [4.69, 9.17) is 10.5 Å². The van der Waals surface area contributed by atoms with Crippen molar-refractivity contribution in [1.29, 1.82) is 0 Å². The van der Waals surface area contributed by atoms with Crippen LogP contribution in [0.1, 0.15) is 41.5 Å². The number of aromatic nitrogens is 2. The van der Waals surface area contributed by atoms with Gasteiger partial charge in [0, 0.05) is 0 Å². The molecule has 39 heavy (non-hydrogen) atoms. The Morgan fingerprint density at radius 3 is 1.97 bits per heavy atom. The summed E-state index contributed by atoms with van der Waals surface area (Å²) in [4.78, 5) is 47.0. The molecule has 1 saturated heterocycles. The second kappa shape index (κ2) is 17.0. The van der Waals surface area contributed by atoms with Crippen LogP contribution in [0.4, 0.5) is 17.5 Å². The molecular weight excluding hydrogens is 596 g/mol. The van der Waals surface area contributed by atoms with Crippen LogP contribution in [0, 0.1) is 0 Å². The number of aliphatic hydroxyl groups excluding tert-OH is 2. The van der Waals surface area contributed by atoms with Crippen molar-refractivity contribution >= 4 is 38.7 Å². The number of rotatable bonds is 10. The number of nitrogens with two attached hydrogens (primary N) is 1. The van der Waals surface area contributed by atoms with Gasteiger partial charge in [0.05, 0.1) is 39.3 Å². The molecular formula is C23H48N7O7PSe. The van der Waals surface area contributed by atoms with Crippen LogP contribution in [0.15, 0.2) is 4.79 Å². The molecule has 4 atom stereocenters. The van der Waals surface area contributed by atoms with Crippen molar-refractivity contribution in [3.8, 4) is 0 Å². The first-order valence-electron chi connectivity index (χ1n) is 13.5. The van der Waals surface area contributed by atoms with Gasteiger partial charge in [-0.15, -0.1) is 0 Å². The van der Waals surface area contributed by atoms with E-state index in [0.29, 0.717) is 0 Å². The number of aromatic amines is 1. The van der Waals surface area contributed by atoms with E-state index in [9.17, 15) is 24.8 Å². The van der Waals surface area contributed by atoms with Crippen LogP contribution in [0.3, 0.4) is 0 Å². The third kappa shape index (κ3) is 10.7. The van der Waals surface area contributed by atoms with Gasteiger partial charge in [0.15, 0.2) is 0 Å². The van der Waals surface area contributed by atoms with E-state index in [-0.39, 0.29) is 24.1 Å². The van der Waals surface area contributed by atoms with Crippen LogP contribution in [-0.4, -0.2) is 119 Å². The van der Waals surface area contributed by atoms with Crippen molar-refractivity contribution in [1.82, 2.24) is 9.97 Å². The van der Waals surface area contributed by atoms with E-state index in [1.165, 1.54) is 44.2 Å². The fourth-order valence-corrected chi connectivity index (χ4v) is 5.09. The number of aliphatic hydroxyl groups is 2. The Bertz CT molecular complexity index is 938. The number of nitrogen functional groups attached to an aromatic ring is 1. The Hall–Kier alpha value is -1.09. The van der Waals surface area contributed by atoms with Crippen LogP contribution < -0.4 is 40.7 Å². The number of ether oxygens (including phenoxy) is 1. The predicted molar refractivity (Wildman–Crippen MR) is 149 cm³/mol. The molecule has 0 bridgehead atoms. The minimum atomic E-state index is -4.13. The molecule has 7 N–H and O–H groups in total. The first-order valence-corrected chi connectivity index (χ1v) is 17.3. The average molecular weight is 645 g/mol. The summed E-state index contributed by atoms with van der Waals surface area (Å²) in [6.07, 6.45) is -9.03. The number of H-pyrrole nitrogens is 1. The Labute approximate surface area is 239 Å². The number of quaternary nitrogens is 2. The Balaban J connectivity index is 0.000000449. The summed E-state index contributed by atoms with van der Waals surface area (Å²) in [6, 6.07) is 0. The molecule has 0 unspecified atom stereocenters. The van der Waals surface area contributed by atoms with E-state index < -0.39 is 42.9 Å². The summed E-state index contributed by atoms with van der Waals surface area (Å²) in [5, 5.41) is 20.4. The predicted octanol–water partition coefficient (Wildman–Crippen LogP) is -4.54. The monoisotopic (exact) mass is 645 g/mol.